The van der Waals surface area contributed by atoms with Crippen molar-refractivity contribution in [2.75, 3.05) is 33.4 Å². The van der Waals surface area contributed by atoms with Crippen molar-refractivity contribution in [1.82, 2.24) is 10.6 Å². The highest BCUT2D eigenvalue weighted by Gasteiger charge is 2.23. The number of halogens is 2. The predicted molar refractivity (Wildman–Crippen MR) is 105 cm³/mol. The van der Waals surface area contributed by atoms with Crippen molar-refractivity contribution in [2.24, 2.45) is 4.99 Å². The molecule has 0 aliphatic rings. The maximum absolute atomic E-state index is 14.0. The average Bonchev–Trinajstić information content (AvgIpc) is 2.49. The Kier molecular flexibility index (Phi) is 11.2. The second kappa shape index (κ2) is 11.6. The van der Waals surface area contributed by atoms with E-state index in [1.165, 1.54) is 6.07 Å². The standard InChI is InChI=1S/C17H28FN3O.HI/c1-5-19-16(20-11-8-12-22-4)21-13-17(2,3)14-9-6-7-10-15(14)18;/h6-7,9-10H,5,8,11-13H2,1-4H3,(H2,19,20,21);1H. The molecule has 0 saturated carbocycles. The van der Waals surface area contributed by atoms with Crippen LogP contribution in [0.1, 0.15) is 32.8 Å². The molecule has 0 atom stereocenters. The van der Waals surface area contributed by atoms with Crippen molar-refractivity contribution in [3.8, 4) is 0 Å². The van der Waals surface area contributed by atoms with Crippen LogP contribution >= 0.6 is 24.0 Å². The number of guanidine groups is 1. The number of methoxy groups -OCH3 is 1. The summed E-state index contributed by atoms with van der Waals surface area (Å²) < 4.78 is 19.0. The Hall–Kier alpha value is -0.890. The second-order valence-corrected chi connectivity index (χ2v) is 5.83. The molecule has 4 nitrogen and oxygen atoms in total. The number of rotatable bonds is 8. The molecule has 0 radical (unpaired) electrons. The molecule has 1 aromatic rings. The van der Waals surface area contributed by atoms with Gasteiger partial charge in [-0.2, -0.15) is 0 Å². The van der Waals surface area contributed by atoms with Gasteiger partial charge in [-0.3, -0.25) is 4.99 Å². The minimum Gasteiger partial charge on any atom is -0.385 e. The fraction of sp³-hybridized carbons (Fsp3) is 0.588. The largest absolute Gasteiger partial charge is 0.385 e. The van der Waals surface area contributed by atoms with Gasteiger partial charge in [0.05, 0.1) is 6.54 Å². The van der Waals surface area contributed by atoms with Gasteiger partial charge < -0.3 is 15.4 Å². The molecule has 0 heterocycles. The number of ether oxygens (including phenoxy) is 1. The summed E-state index contributed by atoms with van der Waals surface area (Å²) >= 11 is 0. The first-order valence-corrected chi connectivity index (χ1v) is 7.77. The lowest BCUT2D eigenvalue weighted by Gasteiger charge is -2.24. The maximum Gasteiger partial charge on any atom is 0.191 e. The van der Waals surface area contributed by atoms with E-state index in [9.17, 15) is 4.39 Å². The van der Waals surface area contributed by atoms with Crippen LogP contribution in [0.4, 0.5) is 4.39 Å². The Morgan fingerprint density at radius 2 is 1.96 bits per heavy atom. The molecule has 1 aromatic carbocycles. The van der Waals surface area contributed by atoms with E-state index in [1.807, 2.05) is 32.9 Å². The monoisotopic (exact) mass is 437 g/mol. The van der Waals surface area contributed by atoms with Crippen LogP contribution in [0.5, 0.6) is 0 Å². The van der Waals surface area contributed by atoms with Gasteiger partial charge in [0.1, 0.15) is 5.82 Å². The molecule has 0 spiro atoms. The topological polar surface area (TPSA) is 45.7 Å². The molecule has 0 bridgehead atoms. The van der Waals surface area contributed by atoms with E-state index in [0.717, 1.165) is 25.5 Å². The molecule has 2 N–H and O–H groups in total. The fourth-order valence-corrected chi connectivity index (χ4v) is 2.14. The number of hydrogen-bond acceptors (Lipinski definition) is 2. The highest BCUT2D eigenvalue weighted by atomic mass is 127. The van der Waals surface area contributed by atoms with Crippen LogP contribution in [0, 0.1) is 5.82 Å². The summed E-state index contributed by atoms with van der Waals surface area (Å²) in [7, 11) is 1.69. The van der Waals surface area contributed by atoms with E-state index in [4.69, 9.17) is 4.74 Å². The van der Waals surface area contributed by atoms with Crippen LogP contribution in [0.3, 0.4) is 0 Å². The third kappa shape index (κ3) is 7.97. The summed E-state index contributed by atoms with van der Waals surface area (Å²) in [6.45, 7) is 8.83. The summed E-state index contributed by atoms with van der Waals surface area (Å²) in [6.07, 6.45) is 0.914. The third-order valence-electron chi connectivity index (χ3n) is 3.40. The van der Waals surface area contributed by atoms with Crippen molar-refractivity contribution in [1.29, 1.82) is 0 Å². The first-order chi connectivity index (χ1) is 10.5. The van der Waals surface area contributed by atoms with Crippen molar-refractivity contribution >= 4 is 29.9 Å². The minimum absolute atomic E-state index is 0. The molecule has 132 valence electrons. The third-order valence-corrected chi connectivity index (χ3v) is 3.40. The molecule has 0 aliphatic heterocycles. The van der Waals surface area contributed by atoms with E-state index in [2.05, 4.69) is 15.6 Å². The number of benzene rings is 1. The Bertz CT molecular complexity index is 481. The Morgan fingerprint density at radius 3 is 2.57 bits per heavy atom. The maximum atomic E-state index is 14.0. The van der Waals surface area contributed by atoms with Gasteiger partial charge in [0.25, 0.3) is 0 Å². The average molecular weight is 437 g/mol. The van der Waals surface area contributed by atoms with Crippen LogP contribution in [0.15, 0.2) is 29.3 Å². The van der Waals surface area contributed by atoms with Crippen molar-refractivity contribution in [3.63, 3.8) is 0 Å². The molecule has 6 heteroatoms. The highest BCUT2D eigenvalue weighted by molar-refractivity contribution is 14.0. The predicted octanol–water partition coefficient (Wildman–Crippen LogP) is 3.31. The number of hydrogen-bond donors (Lipinski definition) is 2. The molecule has 0 aliphatic carbocycles. The van der Waals surface area contributed by atoms with Gasteiger partial charge in [-0.05, 0) is 25.0 Å². The van der Waals surface area contributed by atoms with Gasteiger partial charge >= 0.3 is 0 Å². The Balaban J connectivity index is 0.00000484. The van der Waals surface area contributed by atoms with Gasteiger partial charge in [-0.25, -0.2) is 4.39 Å². The second-order valence-electron chi connectivity index (χ2n) is 5.83. The lowest BCUT2D eigenvalue weighted by atomic mass is 9.84. The van der Waals surface area contributed by atoms with E-state index >= 15 is 0 Å². The zero-order chi connectivity index (χ0) is 16.4. The van der Waals surface area contributed by atoms with Crippen molar-refractivity contribution in [2.45, 2.75) is 32.6 Å². The van der Waals surface area contributed by atoms with E-state index < -0.39 is 0 Å². The number of nitrogens with one attached hydrogen (secondary N) is 2. The fourth-order valence-electron chi connectivity index (χ4n) is 2.14. The summed E-state index contributed by atoms with van der Waals surface area (Å²) in [5.41, 5.74) is 0.328. The SMILES string of the molecule is CCNC(=NCC(C)(C)c1ccccc1F)NCCCOC.I. The van der Waals surface area contributed by atoms with E-state index in [-0.39, 0.29) is 35.2 Å². The minimum atomic E-state index is -0.361. The first kappa shape index (κ1) is 22.1. The van der Waals surface area contributed by atoms with Gasteiger partial charge in [0.2, 0.25) is 0 Å². The van der Waals surface area contributed by atoms with Crippen molar-refractivity contribution < 1.29 is 9.13 Å². The van der Waals surface area contributed by atoms with Crippen LogP contribution in [0.25, 0.3) is 0 Å². The number of aliphatic imine (C=N–C) groups is 1. The first-order valence-electron chi connectivity index (χ1n) is 7.77. The lowest BCUT2D eigenvalue weighted by Crippen LogP contribution is -2.39. The van der Waals surface area contributed by atoms with E-state index in [1.54, 1.807) is 13.2 Å². The molecular weight excluding hydrogens is 408 g/mol. The smallest absolute Gasteiger partial charge is 0.191 e. The van der Waals surface area contributed by atoms with Crippen LogP contribution in [-0.4, -0.2) is 39.3 Å². The molecule has 0 saturated heterocycles. The van der Waals surface area contributed by atoms with Crippen LogP contribution < -0.4 is 10.6 Å². The molecule has 0 amide bonds. The summed E-state index contributed by atoms with van der Waals surface area (Å²) in [4.78, 5) is 4.59. The Labute approximate surface area is 156 Å². The van der Waals surface area contributed by atoms with E-state index in [0.29, 0.717) is 18.7 Å². The molecular formula is C17H29FIN3O. The van der Waals surface area contributed by atoms with Crippen LogP contribution in [0.2, 0.25) is 0 Å². The van der Waals surface area contributed by atoms with Gasteiger partial charge in [-0.15, -0.1) is 24.0 Å². The number of nitrogens with zero attached hydrogens (tertiary/aromatic N) is 1. The normalized spacial score (nSPS) is 11.8. The van der Waals surface area contributed by atoms with Crippen molar-refractivity contribution in [3.05, 3.63) is 35.6 Å². The molecule has 1 rings (SSSR count). The Morgan fingerprint density at radius 1 is 1.26 bits per heavy atom. The summed E-state index contributed by atoms with van der Waals surface area (Å²) in [5.74, 6) is 0.573. The highest BCUT2D eigenvalue weighted by Crippen LogP contribution is 2.25. The quantitative estimate of drug-likeness (QED) is 0.284. The summed E-state index contributed by atoms with van der Waals surface area (Å²) in [6, 6.07) is 6.89. The van der Waals surface area contributed by atoms with Gasteiger partial charge in [0.15, 0.2) is 5.96 Å². The summed E-state index contributed by atoms with van der Waals surface area (Å²) in [5, 5.41) is 6.46. The van der Waals surface area contributed by atoms with Gasteiger partial charge in [-0.1, -0.05) is 32.0 Å². The van der Waals surface area contributed by atoms with Gasteiger partial charge in [0, 0.05) is 32.2 Å². The zero-order valence-electron chi connectivity index (χ0n) is 14.5. The molecule has 0 aromatic heterocycles. The zero-order valence-corrected chi connectivity index (χ0v) is 16.8. The molecule has 23 heavy (non-hydrogen) atoms. The molecule has 0 fully saturated rings. The molecule has 0 unspecified atom stereocenters. The lowest BCUT2D eigenvalue weighted by molar-refractivity contribution is 0.195. The van der Waals surface area contributed by atoms with Crippen LogP contribution in [-0.2, 0) is 10.2 Å².